The molecule has 0 spiro atoms. The minimum absolute atomic E-state index is 0.216. The number of nitrogens with zero attached hydrogens (tertiary/aromatic N) is 2. The van der Waals surface area contributed by atoms with E-state index in [2.05, 4.69) is 9.88 Å². The number of anilines is 1. The summed E-state index contributed by atoms with van der Waals surface area (Å²) in [7, 11) is 0. The van der Waals surface area contributed by atoms with E-state index >= 15 is 0 Å². The van der Waals surface area contributed by atoms with Gasteiger partial charge in [0.25, 0.3) is 0 Å². The summed E-state index contributed by atoms with van der Waals surface area (Å²) < 4.78 is 13.8. The normalized spacial score (nSPS) is 18.7. The summed E-state index contributed by atoms with van der Waals surface area (Å²) >= 11 is 1.59. The molecule has 1 aromatic heterocycles. The van der Waals surface area contributed by atoms with Crippen molar-refractivity contribution in [3.63, 3.8) is 0 Å². The molecule has 0 amide bonds. The van der Waals surface area contributed by atoms with Gasteiger partial charge in [0.1, 0.15) is 5.82 Å². The lowest BCUT2D eigenvalue weighted by Crippen LogP contribution is -2.20. The zero-order valence-corrected chi connectivity index (χ0v) is 12.1. The molecule has 2 aromatic rings. The number of benzene rings is 1. The first-order valence-corrected chi connectivity index (χ1v) is 7.81. The van der Waals surface area contributed by atoms with Crippen LogP contribution in [0.5, 0.6) is 0 Å². The van der Waals surface area contributed by atoms with Crippen LogP contribution >= 0.6 is 11.3 Å². The third-order valence-electron chi connectivity index (χ3n) is 3.77. The highest BCUT2D eigenvalue weighted by molar-refractivity contribution is 7.14. The molecule has 2 heterocycles. The number of rotatable bonds is 4. The Morgan fingerprint density at radius 1 is 1.40 bits per heavy atom. The Hall–Kier alpha value is -1.46. The minimum atomic E-state index is -0.216. The minimum Gasteiger partial charge on any atom is -0.348 e. The van der Waals surface area contributed by atoms with Gasteiger partial charge in [-0.25, -0.2) is 9.37 Å². The van der Waals surface area contributed by atoms with Crippen LogP contribution in [0.2, 0.25) is 0 Å². The molecule has 1 saturated heterocycles. The fourth-order valence-electron chi connectivity index (χ4n) is 2.68. The van der Waals surface area contributed by atoms with E-state index in [0.29, 0.717) is 11.5 Å². The Balaban J connectivity index is 1.76. The summed E-state index contributed by atoms with van der Waals surface area (Å²) in [6, 6.07) is 6.78. The smallest absolute Gasteiger partial charge is 0.185 e. The van der Waals surface area contributed by atoms with Crippen molar-refractivity contribution in [1.82, 2.24) is 4.98 Å². The second-order valence-corrected chi connectivity index (χ2v) is 6.01. The first-order chi connectivity index (χ1) is 9.78. The lowest BCUT2D eigenvalue weighted by Gasteiger charge is -2.14. The molecule has 2 N–H and O–H groups in total. The summed E-state index contributed by atoms with van der Waals surface area (Å²) in [6.07, 6.45) is 2.24. The van der Waals surface area contributed by atoms with E-state index in [9.17, 15) is 4.39 Å². The highest BCUT2D eigenvalue weighted by Gasteiger charge is 2.24. The summed E-state index contributed by atoms with van der Waals surface area (Å²) in [5.41, 5.74) is 6.92. The zero-order valence-electron chi connectivity index (χ0n) is 11.3. The van der Waals surface area contributed by atoms with Gasteiger partial charge in [-0.15, -0.1) is 11.3 Å². The largest absolute Gasteiger partial charge is 0.348 e. The van der Waals surface area contributed by atoms with Crippen molar-refractivity contribution in [1.29, 1.82) is 0 Å². The van der Waals surface area contributed by atoms with E-state index in [1.54, 1.807) is 23.5 Å². The van der Waals surface area contributed by atoms with Gasteiger partial charge in [-0.2, -0.15) is 0 Å². The molecule has 1 aromatic carbocycles. The first-order valence-electron chi connectivity index (χ1n) is 6.93. The lowest BCUT2D eigenvalue weighted by atomic mass is 10.1. The molecule has 1 unspecified atom stereocenters. The molecular weight excluding hydrogens is 273 g/mol. The second kappa shape index (κ2) is 5.89. The Bertz CT molecular complexity index is 584. The van der Waals surface area contributed by atoms with Crippen LogP contribution in [0.25, 0.3) is 11.3 Å². The Kier molecular flexibility index (Phi) is 3.98. The molecule has 1 fully saturated rings. The third kappa shape index (κ3) is 2.69. The van der Waals surface area contributed by atoms with Gasteiger partial charge in [0, 0.05) is 24.0 Å². The second-order valence-electron chi connectivity index (χ2n) is 5.17. The van der Waals surface area contributed by atoms with Gasteiger partial charge < -0.3 is 10.6 Å². The number of nitrogens with two attached hydrogens (primary N) is 1. The van der Waals surface area contributed by atoms with Crippen LogP contribution in [-0.2, 0) is 0 Å². The molecule has 0 aliphatic carbocycles. The van der Waals surface area contributed by atoms with Gasteiger partial charge in [0.15, 0.2) is 5.13 Å². The van der Waals surface area contributed by atoms with Crippen LogP contribution in [-0.4, -0.2) is 24.6 Å². The van der Waals surface area contributed by atoms with Crippen LogP contribution in [0.15, 0.2) is 29.6 Å². The van der Waals surface area contributed by atoms with Gasteiger partial charge in [-0.3, -0.25) is 0 Å². The average Bonchev–Trinajstić information content (AvgIpc) is 3.08. The van der Waals surface area contributed by atoms with E-state index in [0.717, 1.165) is 36.9 Å². The van der Waals surface area contributed by atoms with Crippen LogP contribution in [0.1, 0.15) is 12.8 Å². The van der Waals surface area contributed by atoms with Crippen LogP contribution < -0.4 is 10.6 Å². The van der Waals surface area contributed by atoms with Crippen LogP contribution in [0.4, 0.5) is 9.52 Å². The van der Waals surface area contributed by atoms with Crippen molar-refractivity contribution >= 4 is 16.5 Å². The average molecular weight is 291 g/mol. The third-order valence-corrected chi connectivity index (χ3v) is 4.67. The highest BCUT2D eigenvalue weighted by atomic mass is 32.1. The van der Waals surface area contributed by atoms with E-state index < -0.39 is 0 Å². The van der Waals surface area contributed by atoms with Crippen molar-refractivity contribution in [3.05, 3.63) is 35.5 Å². The van der Waals surface area contributed by atoms with Gasteiger partial charge in [0.05, 0.1) is 5.69 Å². The monoisotopic (exact) mass is 291 g/mol. The molecule has 3 rings (SSSR count). The molecule has 1 atom stereocenters. The molecule has 20 heavy (non-hydrogen) atoms. The van der Waals surface area contributed by atoms with Crippen molar-refractivity contribution in [2.75, 3.05) is 24.5 Å². The number of aromatic nitrogens is 1. The van der Waals surface area contributed by atoms with Gasteiger partial charge >= 0.3 is 0 Å². The molecule has 5 heteroatoms. The van der Waals surface area contributed by atoms with E-state index in [1.807, 2.05) is 11.4 Å². The van der Waals surface area contributed by atoms with Gasteiger partial charge in [-0.05, 0) is 37.4 Å². The molecule has 0 radical (unpaired) electrons. The van der Waals surface area contributed by atoms with Crippen LogP contribution in [0.3, 0.4) is 0 Å². The number of thiazole rings is 1. The number of hydrogen-bond acceptors (Lipinski definition) is 4. The lowest BCUT2D eigenvalue weighted by molar-refractivity contribution is 0.546. The van der Waals surface area contributed by atoms with E-state index in [4.69, 9.17) is 5.73 Å². The molecule has 106 valence electrons. The topological polar surface area (TPSA) is 42.1 Å². The van der Waals surface area contributed by atoms with Crippen molar-refractivity contribution < 1.29 is 4.39 Å². The standard InChI is InChI=1S/C15H18FN3S/c16-13-4-2-1-3-12(13)14-10-20-15(18-14)19-8-6-11(9-19)5-7-17/h1-4,10-11H,5-9,17H2. The predicted octanol–water partition coefficient (Wildman–Crippen LogP) is 3.12. The molecule has 1 aliphatic rings. The fraction of sp³-hybridized carbons (Fsp3) is 0.400. The van der Waals surface area contributed by atoms with Gasteiger partial charge in [0.2, 0.25) is 0 Å². The summed E-state index contributed by atoms with van der Waals surface area (Å²) in [6.45, 7) is 2.78. The molecule has 3 nitrogen and oxygen atoms in total. The Morgan fingerprint density at radius 3 is 3.05 bits per heavy atom. The van der Waals surface area contributed by atoms with Crippen molar-refractivity contribution in [3.8, 4) is 11.3 Å². The maximum Gasteiger partial charge on any atom is 0.185 e. The maximum absolute atomic E-state index is 13.8. The quantitative estimate of drug-likeness (QED) is 0.941. The molecular formula is C15H18FN3S. The Labute approximate surface area is 122 Å². The van der Waals surface area contributed by atoms with Gasteiger partial charge in [-0.1, -0.05) is 12.1 Å². The molecule has 0 saturated carbocycles. The number of hydrogen-bond donors (Lipinski definition) is 1. The molecule has 0 bridgehead atoms. The van der Waals surface area contributed by atoms with Crippen molar-refractivity contribution in [2.24, 2.45) is 11.7 Å². The summed E-state index contributed by atoms with van der Waals surface area (Å²) in [5.74, 6) is 0.451. The SMILES string of the molecule is NCCC1CCN(c2nc(-c3ccccc3F)cs2)C1. The predicted molar refractivity (Wildman–Crippen MR) is 81.5 cm³/mol. The fourth-order valence-corrected chi connectivity index (χ4v) is 3.54. The highest BCUT2D eigenvalue weighted by Crippen LogP contribution is 2.32. The number of halogens is 1. The molecule has 1 aliphatic heterocycles. The maximum atomic E-state index is 13.8. The Morgan fingerprint density at radius 2 is 2.25 bits per heavy atom. The zero-order chi connectivity index (χ0) is 13.9. The van der Waals surface area contributed by atoms with E-state index in [-0.39, 0.29) is 5.82 Å². The van der Waals surface area contributed by atoms with Crippen molar-refractivity contribution in [2.45, 2.75) is 12.8 Å². The first kappa shape index (κ1) is 13.5. The summed E-state index contributed by atoms with van der Waals surface area (Å²) in [5, 5.41) is 2.92. The summed E-state index contributed by atoms with van der Waals surface area (Å²) in [4.78, 5) is 6.88. The van der Waals surface area contributed by atoms with Crippen LogP contribution in [0, 0.1) is 11.7 Å². The van der Waals surface area contributed by atoms with E-state index in [1.165, 1.54) is 12.5 Å².